The van der Waals surface area contributed by atoms with E-state index in [0.717, 1.165) is 31.7 Å². The average Bonchev–Trinajstić information content (AvgIpc) is 2.88. The molecule has 0 amide bonds. The van der Waals surface area contributed by atoms with Gasteiger partial charge in [-0.3, -0.25) is 0 Å². The van der Waals surface area contributed by atoms with Crippen LogP contribution in [0.1, 0.15) is 27.2 Å². The summed E-state index contributed by atoms with van der Waals surface area (Å²) in [6.07, 6.45) is 2.61. The highest BCUT2D eigenvalue weighted by atomic mass is 15.4. The normalized spacial score (nSPS) is 10.8. The molecule has 0 spiro atoms. The Balaban J connectivity index is 2.43. The third-order valence-corrected chi connectivity index (χ3v) is 2.97. The fraction of sp³-hybridized carbons (Fsp3) is 0.583. The molecule has 0 radical (unpaired) electrons. The highest BCUT2D eigenvalue weighted by Crippen LogP contribution is 2.17. The van der Waals surface area contributed by atoms with Crippen molar-refractivity contribution in [2.24, 2.45) is 0 Å². The fourth-order valence-corrected chi connectivity index (χ4v) is 1.95. The zero-order valence-corrected chi connectivity index (χ0v) is 12.1. The average molecular weight is 276 g/mol. The second-order valence-electron chi connectivity index (χ2n) is 4.33. The third-order valence-electron chi connectivity index (χ3n) is 2.97. The van der Waals surface area contributed by atoms with E-state index in [-0.39, 0.29) is 5.95 Å². The van der Waals surface area contributed by atoms with Gasteiger partial charge in [-0.1, -0.05) is 12.1 Å². The first-order valence-electron chi connectivity index (χ1n) is 6.84. The van der Waals surface area contributed by atoms with Gasteiger partial charge in [-0.25, -0.2) is 4.68 Å². The highest BCUT2D eigenvalue weighted by molar-refractivity contribution is 5.52. The van der Waals surface area contributed by atoms with E-state index in [9.17, 15) is 0 Å². The fourth-order valence-electron chi connectivity index (χ4n) is 1.95. The molecule has 8 heteroatoms. The number of hydrogen-bond acceptors (Lipinski definition) is 7. The summed E-state index contributed by atoms with van der Waals surface area (Å²) >= 11 is 0. The Bertz CT molecular complexity index is 560. The van der Waals surface area contributed by atoms with Crippen molar-refractivity contribution in [1.29, 1.82) is 0 Å². The molecule has 2 N–H and O–H groups in total. The Labute approximate surface area is 118 Å². The van der Waals surface area contributed by atoms with Crippen molar-refractivity contribution in [2.75, 3.05) is 23.7 Å². The van der Waals surface area contributed by atoms with Gasteiger partial charge in [0, 0.05) is 19.6 Å². The second-order valence-corrected chi connectivity index (χ2v) is 4.33. The maximum atomic E-state index is 5.80. The van der Waals surface area contributed by atoms with E-state index in [0.29, 0.717) is 11.8 Å². The smallest absolute Gasteiger partial charge is 0.230 e. The third kappa shape index (κ3) is 2.84. The van der Waals surface area contributed by atoms with E-state index in [1.807, 2.05) is 18.7 Å². The minimum absolute atomic E-state index is 0.209. The molecule has 0 aromatic carbocycles. The van der Waals surface area contributed by atoms with Crippen LogP contribution < -0.4 is 10.6 Å². The lowest BCUT2D eigenvalue weighted by Gasteiger charge is -2.18. The number of hydrogen-bond donors (Lipinski definition) is 1. The van der Waals surface area contributed by atoms with E-state index >= 15 is 0 Å². The van der Waals surface area contributed by atoms with Crippen LogP contribution in [-0.2, 0) is 6.54 Å². The first-order chi connectivity index (χ1) is 9.69. The molecule has 8 nitrogen and oxygen atoms in total. The number of aromatic nitrogens is 6. The van der Waals surface area contributed by atoms with Crippen molar-refractivity contribution >= 4 is 11.9 Å². The standard InChI is InChI=1S/C12H20N8/c1-4-7-20-9(8-14-18-20)10-15-11(13)17-12(16-10)19(5-2)6-3/h8H,4-7H2,1-3H3,(H2,13,15,16,17). The molecule has 20 heavy (non-hydrogen) atoms. The van der Waals surface area contributed by atoms with Gasteiger partial charge in [0.1, 0.15) is 5.69 Å². The predicted octanol–water partition coefficient (Wildman–Crippen LogP) is 0.968. The minimum atomic E-state index is 0.209. The molecule has 0 bridgehead atoms. The van der Waals surface area contributed by atoms with Gasteiger partial charge < -0.3 is 10.6 Å². The first-order valence-corrected chi connectivity index (χ1v) is 6.84. The predicted molar refractivity (Wildman–Crippen MR) is 77.1 cm³/mol. The summed E-state index contributed by atoms with van der Waals surface area (Å²) in [5, 5.41) is 7.96. The topological polar surface area (TPSA) is 98.6 Å². The molecule has 0 fully saturated rings. The van der Waals surface area contributed by atoms with E-state index in [4.69, 9.17) is 5.73 Å². The van der Waals surface area contributed by atoms with Gasteiger partial charge in [-0.05, 0) is 20.3 Å². The molecule has 0 saturated carbocycles. The summed E-state index contributed by atoms with van der Waals surface area (Å²) < 4.78 is 1.78. The molecule has 2 aromatic rings. The van der Waals surface area contributed by atoms with E-state index in [1.165, 1.54) is 0 Å². The van der Waals surface area contributed by atoms with Crippen molar-refractivity contribution in [3.05, 3.63) is 6.20 Å². The quantitative estimate of drug-likeness (QED) is 0.839. The Hall–Kier alpha value is -2.25. The van der Waals surface area contributed by atoms with Gasteiger partial charge >= 0.3 is 0 Å². The molecule has 0 unspecified atom stereocenters. The lowest BCUT2D eigenvalue weighted by atomic mass is 10.4. The van der Waals surface area contributed by atoms with Gasteiger partial charge in [0.05, 0.1) is 6.20 Å². The van der Waals surface area contributed by atoms with Crippen LogP contribution in [0.15, 0.2) is 6.20 Å². The molecular weight excluding hydrogens is 256 g/mol. The van der Waals surface area contributed by atoms with Crippen molar-refractivity contribution < 1.29 is 0 Å². The molecule has 2 heterocycles. The zero-order chi connectivity index (χ0) is 14.5. The summed E-state index contributed by atoms with van der Waals surface area (Å²) in [4.78, 5) is 14.9. The SMILES string of the molecule is CCCn1nncc1-c1nc(N)nc(N(CC)CC)n1. The van der Waals surface area contributed by atoms with Crippen molar-refractivity contribution in [3.8, 4) is 11.5 Å². The Morgan fingerprint density at radius 1 is 1.15 bits per heavy atom. The lowest BCUT2D eigenvalue weighted by Crippen LogP contribution is -2.25. The van der Waals surface area contributed by atoms with Crippen LogP contribution in [0.4, 0.5) is 11.9 Å². The van der Waals surface area contributed by atoms with Gasteiger partial charge in [0.2, 0.25) is 11.9 Å². The van der Waals surface area contributed by atoms with Crippen molar-refractivity contribution in [2.45, 2.75) is 33.7 Å². The number of anilines is 2. The molecule has 0 aliphatic rings. The first kappa shape index (κ1) is 14.2. The van der Waals surface area contributed by atoms with Crippen LogP contribution in [0.3, 0.4) is 0 Å². The lowest BCUT2D eigenvalue weighted by molar-refractivity contribution is 0.582. The molecule has 0 aliphatic carbocycles. The van der Waals surface area contributed by atoms with Gasteiger partial charge in [-0.15, -0.1) is 5.10 Å². The van der Waals surface area contributed by atoms with Crippen LogP contribution in [0.5, 0.6) is 0 Å². The molecule has 0 atom stereocenters. The monoisotopic (exact) mass is 276 g/mol. The van der Waals surface area contributed by atoms with E-state index in [1.54, 1.807) is 10.9 Å². The van der Waals surface area contributed by atoms with Gasteiger partial charge in [-0.2, -0.15) is 15.0 Å². The second kappa shape index (κ2) is 6.27. The van der Waals surface area contributed by atoms with Crippen molar-refractivity contribution in [3.63, 3.8) is 0 Å². The van der Waals surface area contributed by atoms with Crippen LogP contribution in [0, 0.1) is 0 Å². The molecule has 2 aromatic heterocycles. The molecule has 0 saturated heterocycles. The summed E-state index contributed by atoms with van der Waals surface area (Å²) in [6, 6.07) is 0. The number of nitrogens with two attached hydrogens (primary N) is 1. The summed E-state index contributed by atoms with van der Waals surface area (Å²) in [5.41, 5.74) is 6.56. The van der Waals surface area contributed by atoms with Crippen LogP contribution in [0.25, 0.3) is 11.5 Å². The summed E-state index contributed by atoms with van der Waals surface area (Å²) in [7, 11) is 0. The van der Waals surface area contributed by atoms with Crippen molar-refractivity contribution in [1.82, 2.24) is 29.9 Å². The molecule has 0 aliphatic heterocycles. The van der Waals surface area contributed by atoms with Crippen LogP contribution in [-0.4, -0.2) is 43.0 Å². The largest absolute Gasteiger partial charge is 0.368 e. The number of aryl methyl sites for hydroxylation is 1. The van der Waals surface area contributed by atoms with Gasteiger partial charge in [0.25, 0.3) is 0 Å². The zero-order valence-electron chi connectivity index (χ0n) is 12.1. The Morgan fingerprint density at radius 3 is 2.55 bits per heavy atom. The number of nitrogen functional groups attached to an aromatic ring is 1. The molecule has 2 rings (SSSR count). The summed E-state index contributed by atoms with van der Waals surface area (Å²) in [6.45, 7) is 8.56. The maximum Gasteiger partial charge on any atom is 0.230 e. The molecule has 108 valence electrons. The number of rotatable bonds is 6. The minimum Gasteiger partial charge on any atom is -0.368 e. The maximum absolute atomic E-state index is 5.80. The molecular formula is C12H20N8. The highest BCUT2D eigenvalue weighted by Gasteiger charge is 2.14. The number of nitrogens with zero attached hydrogens (tertiary/aromatic N) is 7. The van der Waals surface area contributed by atoms with Gasteiger partial charge in [0.15, 0.2) is 5.82 Å². The Morgan fingerprint density at radius 2 is 1.90 bits per heavy atom. The Kier molecular flexibility index (Phi) is 4.44. The van der Waals surface area contributed by atoms with Crippen LogP contribution in [0.2, 0.25) is 0 Å². The van der Waals surface area contributed by atoms with E-state index in [2.05, 4.69) is 32.2 Å². The van der Waals surface area contributed by atoms with Crippen LogP contribution >= 0.6 is 0 Å². The summed E-state index contributed by atoms with van der Waals surface area (Å²) in [5.74, 6) is 1.31. The van der Waals surface area contributed by atoms with E-state index < -0.39 is 0 Å².